The zero-order valence-electron chi connectivity index (χ0n) is 7.00. The zero-order valence-corrected chi connectivity index (χ0v) is 8.58. The summed E-state index contributed by atoms with van der Waals surface area (Å²) in [4.78, 5) is 4.09. The van der Waals surface area contributed by atoms with Gasteiger partial charge < -0.3 is 5.11 Å². The van der Waals surface area contributed by atoms with E-state index >= 15 is 0 Å². The fourth-order valence-corrected chi connectivity index (χ4v) is 1.42. The summed E-state index contributed by atoms with van der Waals surface area (Å²) in [7, 11) is 0. The van der Waals surface area contributed by atoms with Crippen LogP contribution in [0.5, 0.6) is 0 Å². The minimum atomic E-state index is -0.239. The Bertz CT molecular complexity index is 250. The summed E-state index contributed by atoms with van der Waals surface area (Å²) < 4.78 is 0.880. The predicted molar refractivity (Wildman–Crippen MR) is 51.9 cm³/mol. The van der Waals surface area contributed by atoms with E-state index in [0.29, 0.717) is 0 Å². The van der Waals surface area contributed by atoms with Crippen molar-refractivity contribution in [1.82, 2.24) is 4.98 Å². The van der Waals surface area contributed by atoms with Gasteiger partial charge in [-0.05, 0) is 47.3 Å². The van der Waals surface area contributed by atoms with E-state index in [-0.39, 0.29) is 6.10 Å². The van der Waals surface area contributed by atoms with Gasteiger partial charge in [0.15, 0.2) is 0 Å². The average molecular weight is 230 g/mol. The highest BCUT2D eigenvalue weighted by molar-refractivity contribution is 9.10. The maximum atomic E-state index is 9.07. The number of nitrogens with zero attached hydrogens (tertiary/aromatic N) is 1. The van der Waals surface area contributed by atoms with Crippen LogP contribution in [0.3, 0.4) is 0 Å². The number of aliphatic hydroxyl groups is 1. The molecule has 0 fully saturated rings. The van der Waals surface area contributed by atoms with Gasteiger partial charge in [-0.2, -0.15) is 0 Å². The molecular formula is C9H12BrNO. The molecule has 2 nitrogen and oxygen atoms in total. The SMILES string of the molecule is CC(O)CCc1cccnc1Br. The molecule has 0 spiro atoms. The molecule has 0 radical (unpaired) electrons. The van der Waals surface area contributed by atoms with Crippen LogP contribution in [0.15, 0.2) is 22.9 Å². The lowest BCUT2D eigenvalue weighted by molar-refractivity contribution is 0.185. The second-order valence-corrected chi connectivity index (χ2v) is 3.59. The van der Waals surface area contributed by atoms with Crippen molar-refractivity contribution in [2.24, 2.45) is 0 Å². The molecule has 0 aliphatic carbocycles. The van der Waals surface area contributed by atoms with Crippen LogP contribution in [0, 0.1) is 0 Å². The second kappa shape index (κ2) is 4.58. The molecule has 0 saturated carbocycles. The van der Waals surface area contributed by atoms with Crippen LogP contribution < -0.4 is 0 Å². The maximum Gasteiger partial charge on any atom is 0.109 e. The Morgan fingerprint density at radius 2 is 2.42 bits per heavy atom. The van der Waals surface area contributed by atoms with Gasteiger partial charge in [-0.15, -0.1) is 0 Å². The molecule has 1 N–H and O–H groups in total. The van der Waals surface area contributed by atoms with Gasteiger partial charge in [-0.1, -0.05) is 6.07 Å². The fraction of sp³-hybridized carbons (Fsp3) is 0.444. The van der Waals surface area contributed by atoms with Gasteiger partial charge in [-0.3, -0.25) is 0 Å². The first-order chi connectivity index (χ1) is 5.70. The zero-order chi connectivity index (χ0) is 8.97. The number of aryl methyl sites for hydroxylation is 1. The summed E-state index contributed by atoms with van der Waals surface area (Å²) in [5.74, 6) is 0. The summed E-state index contributed by atoms with van der Waals surface area (Å²) in [5.41, 5.74) is 1.15. The molecule has 1 aromatic heterocycles. The van der Waals surface area contributed by atoms with Crippen LogP contribution in [0.25, 0.3) is 0 Å². The highest BCUT2D eigenvalue weighted by Crippen LogP contribution is 2.14. The van der Waals surface area contributed by atoms with E-state index in [0.717, 1.165) is 23.0 Å². The van der Waals surface area contributed by atoms with E-state index in [1.54, 1.807) is 13.1 Å². The Morgan fingerprint density at radius 3 is 3.00 bits per heavy atom. The lowest BCUT2D eigenvalue weighted by atomic mass is 10.1. The Labute approximate surface area is 80.8 Å². The molecule has 0 saturated heterocycles. The van der Waals surface area contributed by atoms with Crippen molar-refractivity contribution < 1.29 is 5.11 Å². The van der Waals surface area contributed by atoms with Crippen molar-refractivity contribution in [2.45, 2.75) is 25.9 Å². The standard InChI is InChI=1S/C9H12BrNO/c1-7(12)4-5-8-3-2-6-11-9(8)10/h2-3,6-7,12H,4-5H2,1H3. The van der Waals surface area contributed by atoms with E-state index in [2.05, 4.69) is 20.9 Å². The third-order valence-corrected chi connectivity index (χ3v) is 2.38. The number of pyridine rings is 1. The molecule has 0 aromatic carbocycles. The molecule has 0 amide bonds. The van der Waals surface area contributed by atoms with E-state index in [1.807, 2.05) is 12.1 Å². The van der Waals surface area contributed by atoms with Gasteiger partial charge in [0, 0.05) is 6.20 Å². The lowest BCUT2D eigenvalue weighted by Gasteiger charge is -2.04. The second-order valence-electron chi connectivity index (χ2n) is 2.84. The number of halogens is 1. The van der Waals surface area contributed by atoms with Gasteiger partial charge >= 0.3 is 0 Å². The van der Waals surface area contributed by atoms with Crippen molar-refractivity contribution in [3.8, 4) is 0 Å². The molecule has 3 heteroatoms. The van der Waals surface area contributed by atoms with Crippen LogP contribution in [0.1, 0.15) is 18.9 Å². The molecule has 12 heavy (non-hydrogen) atoms. The topological polar surface area (TPSA) is 33.1 Å². The summed E-state index contributed by atoms with van der Waals surface area (Å²) in [6, 6.07) is 3.92. The molecule has 1 aromatic rings. The summed E-state index contributed by atoms with van der Waals surface area (Å²) in [5, 5.41) is 9.07. The van der Waals surface area contributed by atoms with Crippen molar-refractivity contribution in [2.75, 3.05) is 0 Å². The van der Waals surface area contributed by atoms with Crippen molar-refractivity contribution in [1.29, 1.82) is 0 Å². The minimum Gasteiger partial charge on any atom is -0.393 e. The number of rotatable bonds is 3. The molecule has 0 aliphatic heterocycles. The maximum absolute atomic E-state index is 9.07. The summed E-state index contributed by atoms with van der Waals surface area (Å²) in [6.07, 6.45) is 3.16. The van der Waals surface area contributed by atoms with E-state index in [1.165, 1.54) is 0 Å². The third kappa shape index (κ3) is 2.91. The van der Waals surface area contributed by atoms with Gasteiger partial charge in [0.25, 0.3) is 0 Å². The molecule has 1 heterocycles. The molecule has 0 aliphatic rings. The Balaban J connectivity index is 2.57. The number of hydrogen-bond donors (Lipinski definition) is 1. The molecule has 1 rings (SSSR count). The highest BCUT2D eigenvalue weighted by atomic mass is 79.9. The van der Waals surface area contributed by atoms with Crippen LogP contribution in [-0.2, 0) is 6.42 Å². The number of aliphatic hydroxyl groups excluding tert-OH is 1. The van der Waals surface area contributed by atoms with Gasteiger partial charge in [0.1, 0.15) is 4.60 Å². The monoisotopic (exact) mass is 229 g/mol. The average Bonchev–Trinajstić information content (AvgIpc) is 2.03. The van der Waals surface area contributed by atoms with Gasteiger partial charge in [0.05, 0.1) is 6.10 Å². The number of aromatic nitrogens is 1. The normalized spacial score (nSPS) is 12.9. The Hall–Kier alpha value is -0.410. The van der Waals surface area contributed by atoms with E-state index in [4.69, 9.17) is 5.11 Å². The minimum absolute atomic E-state index is 0.239. The Kier molecular flexibility index (Phi) is 3.69. The smallest absolute Gasteiger partial charge is 0.109 e. The first-order valence-corrected chi connectivity index (χ1v) is 4.77. The first-order valence-electron chi connectivity index (χ1n) is 3.97. The first kappa shape index (κ1) is 9.68. The molecule has 1 atom stereocenters. The highest BCUT2D eigenvalue weighted by Gasteiger charge is 2.01. The van der Waals surface area contributed by atoms with Crippen molar-refractivity contribution in [3.63, 3.8) is 0 Å². The molecule has 1 unspecified atom stereocenters. The van der Waals surface area contributed by atoms with Crippen LogP contribution >= 0.6 is 15.9 Å². The predicted octanol–water partition coefficient (Wildman–Crippen LogP) is 2.16. The van der Waals surface area contributed by atoms with Crippen LogP contribution in [-0.4, -0.2) is 16.2 Å². The molecular weight excluding hydrogens is 218 g/mol. The van der Waals surface area contributed by atoms with Crippen LogP contribution in [0.4, 0.5) is 0 Å². The largest absolute Gasteiger partial charge is 0.393 e. The van der Waals surface area contributed by atoms with Gasteiger partial charge in [0.2, 0.25) is 0 Å². The van der Waals surface area contributed by atoms with Crippen molar-refractivity contribution in [3.05, 3.63) is 28.5 Å². The summed E-state index contributed by atoms with van der Waals surface area (Å²) >= 11 is 3.35. The van der Waals surface area contributed by atoms with E-state index < -0.39 is 0 Å². The van der Waals surface area contributed by atoms with Crippen molar-refractivity contribution >= 4 is 15.9 Å². The van der Waals surface area contributed by atoms with Gasteiger partial charge in [-0.25, -0.2) is 4.98 Å². The molecule has 66 valence electrons. The summed E-state index contributed by atoms with van der Waals surface area (Å²) in [6.45, 7) is 1.80. The number of hydrogen-bond acceptors (Lipinski definition) is 2. The third-order valence-electron chi connectivity index (χ3n) is 1.67. The van der Waals surface area contributed by atoms with Crippen LogP contribution in [0.2, 0.25) is 0 Å². The Morgan fingerprint density at radius 1 is 1.67 bits per heavy atom. The quantitative estimate of drug-likeness (QED) is 0.807. The van der Waals surface area contributed by atoms with E-state index in [9.17, 15) is 0 Å². The molecule has 0 bridgehead atoms. The fourth-order valence-electron chi connectivity index (χ4n) is 0.970. The lowest BCUT2D eigenvalue weighted by Crippen LogP contribution is -2.02.